The van der Waals surface area contributed by atoms with E-state index in [1.807, 2.05) is 0 Å². The molecule has 0 saturated carbocycles. The van der Waals surface area contributed by atoms with E-state index in [-0.39, 0.29) is 23.9 Å². The number of hydrogen-bond donors (Lipinski definition) is 2. The molecule has 6 nitrogen and oxygen atoms in total. The van der Waals surface area contributed by atoms with E-state index in [2.05, 4.69) is 17.6 Å². The Morgan fingerprint density at radius 2 is 2.32 bits per heavy atom. The van der Waals surface area contributed by atoms with Crippen LogP contribution in [0.15, 0.2) is 0 Å². The number of likely N-dealkylation sites (tertiary alicyclic amines) is 1. The molecule has 0 radical (unpaired) electrons. The summed E-state index contributed by atoms with van der Waals surface area (Å²) in [5.41, 5.74) is 0. The summed E-state index contributed by atoms with van der Waals surface area (Å²) in [5.74, 6) is -0.200. The van der Waals surface area contributed by atoms with E-state index < -0.39 is 0 Å². The van der Waals surface area contributed by atoms with Crippen molar-refractivity contribution in [2.24, 2.45) is 0 Å². The van der Waals surface area contributed by atoms with Crippen molar-refractivity contribution in [2.45, 2.75) is 44.3 Å². The van der Waals surface area contributed by atoms with Crippen molar-refractivity contribution in [3.63, 3.8) is 0 Å². The number of likely N-dealkylation sites (N-methyl/N-ethyl adjacent to an activating group) is 1. The lowest BCUT2D eigenvalue weighted by atomic mass is 10.0. The second-order valence-electron chi connectivity index (χ2n) is 5.41. The molecular formula is C13H23N3O3. The van der Waals surface area contributed by atoms with Gasteiger partial charge in [-0.1, -0.05) is 0 Å². The van der Waals surface area contributed by atoms with Crippen LogP contribution in [0, 0.1) is 0 Å². The molecule has 2 rings (SSSR count). The molecule has 0 aromatic heterocycles. The number of ether oxygens (including phenoxy) is 1. The van der Waals surface area contributed by atoms with Crippen LogP contribution in [0.4, 0.5) is 0 Å². The van der Waals surface area contributed by atoms with E-state index in [4.69, 9.17) is 4.74 Å². The molecule has 0 bridgehead atoms. The Balaban J connectivity index is 1.79. The van der Waals surface area contributed by atoms with Crippen molar-refractivity contribution >= 4 is 11.8 Å². The summed E-state index contributed by atoms with van der Waals surface area (Å²) in [6, 6.07) is 0.325. The topological polar surface area (TPSA) is 70.7 Å². The van der Waals surface area contributed by atoms with Crippen LogP contribution in [0.25, 0.3) is 0 Å². The standard InChI is InChI=1S/C13H23N3O3/c1-9(7-10-8-19-6-5-14-10)15-11-3-4-12(17)16(2)13(11)18/h9-11,14-15H,3-8H2,1-2H3. The number of morpholine rings is 1. The molecule has 3 unspecified atom stereocenters. The molecule has 6 heteroatoms. The molecule has 2 aliphatic rings. The number of rotatable bonds is 4. The lowest BCUT2D eigenvalue weighted by Crippen LogP contribution is -2.54. The second-order valence-corrected chi connectivity index (χ2v) is 5.41. The van der Waals surface area contributed by atoms with E-state index in [0.717, 1.165) is 26.2 Å². The zero-order valence-corrected chi connectivity index (χ0v) is 11.6. The predicted molar refractivity (Wildman–Crippen MR) is 70.6 cm³/mol. The Bertz CT molecular complexity index is 342. The van der Waals surface area contributed by atoms with Gasteiger partial charge in [0.1, 0.15) is 0 Å². The molecular weight excluding hydrogens is 246 g/mol. The fraction of sp³-hybridized carbons (Fsp3) is 0.846. The highest BCUT2D eigenvalue weighted by Gasteiger charge is 2.32. The molecule has 2 heterocycles. The largest absolute Gasteiger partial charge is 0.379 e. The number of nitrogens with zero attached hydrogens (tertiary/aromatic N) is 1. The fourth-order valence-corrected chi connectivity index (χ4v) is 2.68. The van der Waals surface area contributed by atoms with E-state index in [9.17, 15) is 9.59 Å². The normalized spacial score (nSPS) is 30.5. The van der Waals surface area contributed by atoms with Gasteiger partial charge in [0.25, 0.3) is 0 Å². The molecule has 2 fully saturated rings. The van der Waals surface area contributed by atoms with Crippen molar-refractivity contribution in [1.82, 2.24) is 15.5 Å². The van der Waals surface area contributed by atoms with Crippen molar-refractivity contribution in [1.29, 1.82) is 0 Å². The minimum Gasteiger partial charge on any atom is -0.379 e. The first kappa shape index (κ1) is 14.4. The van der Waals surface area contributed by atoms with Crippen LogP contribution in [-0.2, 0) is 14.3 Å². The van der Waals surface area contributed by atoms with E-state index in [1.165, 1.54) is 4.90 Å². The van der Waals surface area contributed by atoms with Crippen LogP contribution in [0.1, 0.15) is 26.2 Å². The molecule has 2 amide bonds. The SMILES string of the molecule is CC(CC1COCCN1)NC1CCC(=O)N(C)C1=O. The highest BCUT2D eigenvalue weighted by atomic mass is 16.5. The van der Waals surface area contributed by atoms with Crippen LogP contribution in [0.5, 0.6) is 0 Å². The highest BCUT2D eigenvalue weighted by Crippen LogP contribution is 2.13. The smallest absolute Gasteiger partial charge is 0.246 e. The van der Waals surface area contributed by atoms with Crippen LogP contribution in [-0.4, -0.2) is 61.6 Å². The van der Waals surface area contributed by atoms with Gasteiger partial charge in [0.15, 0.2) is 0 Å². The van der Waals surface area contributed by atoms with Crippen molar-refractivity contribution in [3.05, 3.63) is 0 Å². The maximum absolute atomic E-state index is 12.0. The molecule has 2 N–H and O–H groups in total. The number of carbonyl (C=O) groups is 2. The highest BCUT2D eigenvalue weighted by molar-refractivity contribution is 6.00. The van der Waals surface area contributed by atoms with Crippen LogP contribution in [0.3, 0.4) is 0 Å². The molecule has 0 aromatic rings. The maximum Gasteiger partial charge on any atom is 0.246 e. The number of piperidine rings is 1. The third-order valence-electron chi connectivity index (χ3n) is 3.77. The van der Waals surface area contributed by atoms with Gasteiger partial charge in [0.2, 0.25) is 11.8 Å². The van der Waals surface area contributed by atoms with Gasteiger partial charge >= 0.3 is 0 Å². The van der Waals surface area contributed by atoms with Crippen molar-refractivity contribution in [2.75, 3.05) is 26.8 Å². The molecule has 2 saturated heterocycles. The summed E-state index contributed by atoms with van der Waals surface area (Å²) in [6.45, 7) is 4.45. The summed E-state index contributed by atoms with van der Waals surface area (Å²) in [7, 11) is 1.56. The summed E-state index contributed by atoms with van der Waals surface area (Å²) in [5, 5.41) is 6.73. The zero-order chi connectivity index (χ0) is 13.8. The Kier molecular flexibility index (Phi) is 4.90. The van der Waals surface area contributed by atoms with Gasteiger partial charge in [-0.05, 0) is 19.8 Å². The molecule has 108 valence electrons. The Hall–Kier alpha value is -0.980. The monoisotopic (exact) mass is 269 g/mol. The molecule has 3 atom stereocenters. The van der Waals surface area contributed by atoms with Gasteiger partial charge in [-0.3, -0.25) is 14.5 Å². The first-order valence-corrected chi connectivity index (χ1v) is 6.95. The van der Waals surface area contributed by atoms with E-state index >= 15 is 0 Å². The second kappa shape index (κ2) is 6.45. The number of nitrogens with one attached hydrogen (secondary N) is 2. The zero-order valence-electron chi connectivity index (χ0n) is 11.6. The molecule has 0 aliphatic carbocycles. The predicted octanol–water partition coefficient (Wildman–Crippen LogP) is -0.510. The Morgan fingerprint density at radius 1 is 1.53 bits per heavy atom. The third kappa shape index (κ3) is 3.75. The minimum atomic E-state index is -0.234. The molecule has 0 aromatic carbocycles. The number of carbonyl (C=O) groups excluding carboxylic acids is 2. The lowest BCUT2D eigenvalue weighted by Gasteiger charge is -2.32. The minimum absolute atomic E-state index is 0.0851. The molecule has 0 spiro atoms. The number of hydrogen-bond acceptors (Lipinski definition) is 5. The quantitative estimate of drug-likeness (QED) is 0.673. The van der Waals surface area contributed by atoms with Crippen LogP contribution in [0.2, 0.25) is 0 Å². The third-order valence-corrected chi connectivity index (χ3v) is 3.77. The van der Waals surface area contributed by atoms with E-state index in [1.54, 1.807) is 7.05 Å². The van der Waals surface area contributed by atoms with Crippen molar-refractivity contribution < 1.29 is 14.3 Å². The number of amides is 2. The van der Waals surface area contributed by atoms with Gasteiger partial charge in [-0.25, -0.2) is 0 Å². The average molecular weight is 269 g/mol. The van der Waals surface area contributed by atoms with Crippen molar-refractivity contribution in [3.8, 4) is 0 Å². The summed E-state index contributed by atoms with van der Waals surface area (Å²) >= 11 is 0. The Morgan fingerprint density at radius 3 is 3.00 bits per heavy atom. The molecule has 2 aliphatic heterocycles. The first-order chi connectivity index (χ1) is 9.08. The van der Waals surface area contributed by atoms with Gasteiger partial charge < -0.3 is 15.4 Å². The van der Waals surface area contributed by atoms with Gasteiger partial charge in [0.05, 0.1) is 19.3 Å². The summed E-state index contributed by atoms with van der Waals surface area (Å²) in [4.78, 5) is 24.6. The Labute approximate surface area is 113 Å². The van der Waals surface area contributed by atoms with Gasteiger partial charge in [0, 0.05) is 32.1 Å². The van der Waals surface area contributed by atoms with E-state index in [0.29, 0.717) is 18.9 Å². The maximum atomic E-state index is 12.0. The van der Waals surface area contributed by atoms with Gasteiger partial charge in [-0.15, -0.1) is 0 Å². The van der Waals surface area contributed by atoms with Crippen LogP contribution >= 0.6 is 0 Å². The average Bonchev–Trinajstić information content (AvgIpc) is 2.41. The lowest BCUT2D eigenvalue weighted by molar-refractivity contribution is -0.148. The molecule has 19 heavy (non-hydrogen) atoms. The summed E-state index contributed by atoms with van der Waals surface area (Å²) < 4.78 is 5.42. The van der Waals surface area contributed by atoms with Gasteiger partial charge in [-0.2, -0.15) is 0 Å². The summed E-state index contributed by atoms with van der Waals surface area (Å²) in [6.07, 6.45) is 1.96. The fourth-order valence-electron chi connectivity index (χ4n) is 2.68. The number of imide groups is 1. The van der Waals surface area contributed by atoms with Crippen LogP contribution < -0.4 is 10.6 Å². The first-order valence-electron chi connectivity index (χ1n) is 6.95.